The maximum Gasteiger partial charge on any atom is 0.410 e. The van der Waals surface area contributed by atoms with Gasteiger partial charge in [0.15, 0.2) is 27.1 Å². The molecule has 21 heteroatoms. The lowest BCUT2D eigenvalue weighted by Crippen LogP contribution is -2.41. The number of para-hydroxylation sites is 3. The lowest BCUT2D eigenvalue weighted by molar-refractivity contribution is 0.0202. The Morgan fingerprint density at radius 2 is 1.15 bits per heavy atom. The van der Waals surface area contributed by atoms with Crippen molar-refractivity contribution >= 4 is 86.0 Å². The third-order valence-corrected chi connectivity index (χ3v) is 11.0. The van der Waals surface area contributed by atoms with Crippen molar-refractivity contribution in [1.82, 2.24) is 59.8 Å². The SMILES string of the molecule is CC(C)(C)OC(=O)N1CCC(c2noc(-n3nc(Cl)c4ccccc43)n2)CC1.Cl.Clc1nn(-c2nc(C3CCNCC3)no2)c2ccccc12.N#Cn1nc(Cl)c2ccccc21. The van der Waals surface area contributed by atoms with Crippen LogP contribution in [0.15, 0.2) is 81.8 Å². The molecule has 3 aromatic carbocycles. The first-order chi connectivity index (χ1) is 29.5. The summed E-state index contributed by atoms with van der Waals surface area (Å²) in [5.74, 6) is 1.84. The van der Waals surface area contributed by atoms with Crippen LogP contribution in [0.5, 0.6) is 0 Å². The largest absolute Gasteiger partial charge is 0.444 e. The Morgan fingerprint density at radius 3 is 1.63 bits per heavy atom. The minimum atomic E-state index is -0.496. The zero-order valence-electron chi connectivity index (χ0n) is 33.8. The van der Waals surface area contributed by atoms with Gasteiger partial charge in [-0.15, -0.1) is 17.5 Å². The summed E-state index contributed by atoms with van der Waals surface area (Å²) in [5.41, 5.74) is 1.92. The number of amides is 1. The van der Waals surface area contributed by atoms with Gasteiger partial charge in [-0.05, 0) is 95.9 Å². The van der Waals surface area contributed by atoms with Crippen molar-refractivity contribution in [2.45, 2.75) is 63.9 Å². The Hall–Kier alpha value is -5.77. The maximum atomic E-state index is 12.2. The van der Waals surface area contributed by atoms with Crippen LogP contribution in [0.25, 0.3) is 44.7 Å². The van der Waals surface area contributed by atoms with E-state index in [1.807, 2.05) is 93.7 Å². The molecule has 322 valence electrons. The number of rotatable bonds is 4. The summed E-state index contributed by atoms with van der Waals surface area (Å²) in [6.45, 7) is 8.77. The highest BCUT2D eigenvalue weighted by Gasteiger charge is 2.30. The molecule has 2 saturated heterocycles. The van der Waals surface area contributed by atoms with Crippen LogP contribution in [0.2, 0.25) is 15.5 Å². The van der Waals surface area contributed by atoms with Gasteiger partial charge in [0, 0.05) is 41.1 Å². The van der Waals surface area contributed by atoms with E-state index in [9.17, 15) is 4.79 Å². The van der Waals surface area contributed by atoms with Gasteiger partial charge in [0.25, 0.3) is 0 Å². The van der Waals surface area contributed by atoms with Gasteiger partial charge >= 0.3 is 18.1 Å². The first-order valence-corrected chi connectivity index (χ1v) is 20.8. The Labute approximate surface area is 376 Å². The van der Waals surface area contributed by atoms with E-state index in [4.69, 9.17) is 53.8 Å². The van der Waals surface area contributed by atoms with Crippen LogP contribution in [0.4, 0.5) is 4.79 Å². The van der Waals surface area contributed by atoms with Crippen LogP contribution in [-0.2, 0) is 4.74 Å². The Kier molecular flexibility index (Phi) is 13.6. The number of benzene rings is 3. The lowest BCUT2D eigenvalue weighted by atomic mass is 9.96. The molecule has 0 bridgehead atoms. The summed E-state index contributed by atoms with van der Waals surface area (Å²) in [7, 11) is 0. The van der Waals surface area contributed by atoms with Crippen molar-refractivity contribution in [3.8, 4) is 18.2 Å². The molecule has 1 amide bonds. The minimum Gasteiger partial charge on any atom is -0.444 e. The van der Waals surface area contributed by atoms with Crippen molar-refractivity contribution < 1.29 is 18.6 Å². The molecule has 2 aliphatic heterocycles. The second-order valence-corrected chi connectivity index (χ2v) is 16.5. The van der Waals surface area contributed by atoms with E-state index in [-0.39, 0.29) is 30.4 Å². The van der Waals surface area contributed by atoms with Crippen LogP contribution in [0.1, 0.15) is 69.9 Å². The van der Waals surface area contributed by atoms with Gasteiger partial charge < -0.3 is 24.0 Å². The van der Waals surface area contributed by atoms with Crippen molar-refractivity contribution in [3.05, 3.63) is 99.9 Å². The van der Waals surface area contributed by atoms with Gasteiger partial charge in [0.2, 0.25) is 6.19 Å². The Bertz CT molecular complexity index is 2840. The molecule has 2 aliphatic rings. The molecule has 7 heterocycles. The number of halogens is 4. The fraction of sp³-hybridized carbons (Fsp3) is 0.341. The molecule has 5 aromatic heterocycles. The van der Waals surface area contributed by atoms with E-state index in [1.165, 1.54) is 4.68 Å². The summed E-state index contributed by atoms with van der Waals surface area (Å²) >= 11 is 18.1. The zero-order valence-corrected chi connectivity index (χ0v) is 36.9. The molecule has 17 nitrogen and oxygen atoms in total. The Balaban J connectivity index is 0.000000149. The van der Waals surface area contributed by atoms with Crippen molar-refractivity contribution in [2.24, 2.45) is 0 Å². The van der Waals surface area contributed by atoms with Crippen molar-refractivity contribution in [3.63, 3.8) is 0 Å². The molecule has 8 aromatic rings. The number of nitriles is 1. The average molecular weight is 922 g/mol. The highest BCUT2D eigenvalue weighted by atomic mass is 35.5. The molecule has 0 radical (unpaired) electrons. The smallest absolute Gasteiger partial charge is 0.410 e. The third kappa shape index (κ3) is 9.64. The first kappa shape index (κ1) is 44.3. The maximum absolute atomic E-state index is 12.2. The number of likely N-dealkylation sites (tertiary alicyclic amines) is 1. The molecule has 10 rings (SSSR count). The number of carbonyl (C=O) groups excluding carboxylic acids is 1. The number of hydrogen-bond donors (Lipinski definition) is 1. The monoisotopic (exact) mass is 919 g/mol. The van der Waals surface area contributed by atoms with E-state index in [0.29, 0.717) is 46.3 Å². The first-order valence-electron chi connectivity index (χ1n) is 19.6. The molecule has 0 saturated carbocycles. The second kappa shape index (κ2) is 19.1. The van der Waals surface area contributed by atoms with Gasteiger partial charge in [-0.3, -0.25) is 0 Å². The fourth-order valence-electron chi connectivity index (χ4n) is 7.14. The standard InChI is InChI=1S/C19H22ClN5O3.C14H14ClN5O.C8H4ClN3.ClH/c1-19(2,3)27-18(26)24-10-8-12(9-11-24)16-21-17(28-23-16)25-14-7-5-4-6-13(14)15(20)22-25;15-12-10-3-1-2-4-11(10)20(18-12)14-17-13(19-21-14)9-5-7-16-8-6-9;9-8-6-3-1-2-4-7(6)12(5-10)11-8;/h4-7,12H,8-11H2,1-3H3;1-4,9,16H,5-8H2;1-4H;1H. The number of aromatic nitrogens is 10. The van der Waals surface area contributed by atoms with Crippen LogP contribution in [-0.4, -0.2) is 92.4 Å². The van der Waals surface area contributed by atoms with Crippen molar-refractivity contribution in [2.75, 3.05) is 26.2 Å². The number of nitrogens with one attached hydrogen (secondary N) is 1. The van der Waals surface area contributed by atoms with E-state index >= 15 is 0 Å². The summed E-state index contributed by atoms with van der Waals surface area (Å²) in [5, 5.41) is 36.4. The molecule has 0 aliphatic carbocycles. The topological polar surface area (TPSA) is 197 Å². The number of piperidine rings is 2. The quantitative estimate of drug-likeness (QED) is 0.176. The number of ether oxygens (including phenoxy) is 1. The number of fused-ring (bicyclic) bond motifs is 3. The minimum absolute atomic E-state index is 0. The molecule has 0 unspecified atom stereocenters. The van der Waals surface area contributed by atoms with E-state index in [2.05, 4.69) is 40.9 Å². The third-order valence-electron chi connectivity index (χ3n) is 10.2. The van der Waals surface area contributed by atoms with Crippen LogP contribution in [0, 0.1) is 11.5 Å². The fourth-order valence-corrected chi connectivity index (χ4v) is 7.84. The highest BCUT2D eigenvalue weighted by Crippen LogP contribution is 2.30. The summed E-state index contributed by atoms with van der Waals surface area (Å²) in [6, 6.07) is 23.3. The predicted octanol–water partition coefficient (Wildman–Crippen LogP) is 9.15. The van der Waals surface area contributed by atoms with Crippen LogP contribution in [0.3, 0.4) is 0 Å². The van der Waals surface area contributed by atoms with E-state index < -0.39 is 5.60 Å². The second-order valence-electron chi connectivity index (χ2n) is 15.4. The molecular formula is C41H41Cl4N13O4. The van der Waals surface area contributed by atoms with Gasteiger partial charge in [0.1, 0.15) is 5.60 Å². The molecule has 62 heavy (non-hydrogen) atoms. The van der Waals surface area contributed by atoms with Crippen molar-refractivity contribution in [1.29, 1.82) is 5.26 Å². The molecule has 2 fully saturated rings. The molecular weight excluding hydrogens is 880 g/mol. The summed E-state index contributed by atoms with van der Waals surface area (Å²) < 4.78 is 20.6. The zero-order chi connectivity index (χ0) is 42.7. The van der Waals surface area contributed by atoms with E-state index in [1.54, 1.807) is 20.3 Å². The van der Waals surface area contributed by atoms with Crippen LogP contribution >= 0.6 is 47.2 Å². The Morgan fingerprint density at radius 1 is 0.710 bits per heavy atom. The summed E-state index contributed by atoms with van der Waals surface area (Å²) in [6.07, 6.45) is 5.18. The number of hydrogen-bond acceptors (Lipinski definition) is 13. The lowest BCUT2D eigenvalue weighted by Gasteiger charge is -2.32. The molecule has 0 spiro atoms. The van der Waals surface area contributed by atoms with Gasteiger partial charge in [0.05, 0.1) is 16.6 Å². The highest BCUT2D eigenvalue weighted by molar-refractivity contribution is 6.35. The number of nitrogens with zero attached hydrogens (tertiary/aromatic N) is 12. The van der Waals surface area contributed by atoms with Gasteiger partial charge in [-0.2, -0.15) is 39.5 Å². The van der Waals surface area contributed by atoms with Gasteiger partial charge in [-0.25, -0.2) is 4.79 Å². The summed E-state index contributed by atoms with van der Waals surface area (Å²) in [4.78, 5) is 23.0. The average Bonchev–Trinajstić information content (AvgIpc) is 4.13. The predicted molar refractivity (Wildman–Crippen MR) is 236 cm³/mol. The van der Waals surface area contributed by atoms with Gasteiger partial charge in [-0.1, -0.05) is 81.5 Å². The normalized spacial score (nSPS) is 14.8. The van der Waals surface area contributed by atoms with Crippen LogP contribution < -0.4 is 5.32 Å². The number of carbonyl (C=O) groups is 1. The van der Waals surface area contributed by atoms with E-state index in [0.717, 1.165) is 77.3 Å². The molecule has 1 N–H and O–H groups in total. The molecule has 0 atom stereocenters.